The van der Waals surface area contributed by atoms with Gasteiger partial charge in [0.1, 0.15) is 11.6 Å². The van der Waals surface area contributed by atoms with E-state index in [-0.39, 0.29) is 11.1 Å². The van der Waals surface area contributed by atoms with Gasteiger partial charge in [-0.15, -0.1) is 0 Å². The minimum absolute atomic E-state index is 0.225. The van der Waals surface area contributed by atoms with E-state index < -0.39 is 17.7 Å². The van der Waals surface area contributed by atoms with Crippen LogP contribution in [0.5, 0.6) is 0 Å². The van der Waals surface area contributed by atoms with Crippen molar-refractivity contribution in [1.82, 2.24) is 14.8 Å². The van der Waals surface area contributed by atoms with E-state index in [0.29, 0.717) is 38.3 Å². The number of hydrogen-bond acceptors (Lipinski definition) is 3. The largest absolute Gasteiger partial charge is 0.465 e. The van der Waals surface area contributed by atoms with E-state index in [9.17, 15) is 13.6 Å². The Bertz CT molecular complexity index is 834. The Morgan fingerprint density at radius 1 is 1.15 bits per heavy atom. The summed E-state index contributed by atoms with van der Waals surface area (Å²) in [6, 6.07) is 8.89. The molecule has 0 bridgehead atoms. The summed E-state index contributed by atoms with van der Waals surface area (Å²) in [6.07, 6.45) is -0.250. The first kappa shape index (κ1) is 19.2. The number of piperazine rings is 1. The molecule has 0 atom stereocenters. The Balaban J connectivity index is 1.74. The maximum Gasteiger partial charge on any atom is 0.407 e. The fourth-order valence-electron chi connectivity index (χ4n) is 3.48. The van der Waals surface area contributed by atoms with Gasteiger partial charge >= 0.3 is 6.09 Å². The Morgan fingerprint density at radius 3 is 2.48 bits per heavy atom. The topological polar surface area (TPSA) is 56.7 Å². The first-order valence-corrected chi connectivity index (χ1v) is 8.90. The summed E-state index contributed by atoms with van der Waals surface area (Å²) in [5, 5.41) is 9.08. The third kappa shape index (κ3) is 4.42. The normalized spacial score (nSPS) is 15.8. The number of carbonyl (C=O) groups is 1. The molecule has 1 saturated heterocycles. The predicted octanol–water partition coefficient (Wildman–Crippen LogP) is 3.64. The van der Waals surface area contributed by atoms with Crippen LogP contribution >= 0.6 is 0 Å². The fraction of sp³-hybridized carbons (Fsp3) is 0.400. The average molecular weight is 375 g/mol. The van der Waals surface area contributed by atoms with Crippen LogP contribution in [0.1, 0.15) is 19.5 Å². The number of aromatic nitrogens is 1. The molecule has 1 amide bonds. The highest BCUT2D eigenvalue weighted by Crippen LogP contribution is 2.25. The van der Waals surface area contributed by atoms with Gasteiger partial charge in [-0.3, -0.25) is 9.88 Å². The second kappa shape index (κ2) is 7.60. The summed E-state index contributed by atoms with van der Waals surface area (Å²) in [7, 11) is 0. The van der Waals surface area contributed by atoms with Gasteiger partial charge in [-0.2, -0.15) is 0 Å². The maximum atomic E-state index is 14.1. The molecule has 1 fully saturated rings. The number of amides is 1. The van der Waals surface area contributed by atoms with Gasteiger partial charge in [-0.25, -0.2) is 13.6 Å². The highest BCUT2D eigenvalue weighted by molar-refractivity contribution is 5.65. The van der Waals surface area contributed by atoms with Gasteiger partial charge in [0.25, 0.3) is 0 Å². The van der Waals surface area contributed by atoms with E-state index in [2.05, 4.69) is 23.7 Å². The first-order valence-electron chi connectivity index (χ1n) is 8.90. The van der Waals surface area contributed by atoms with Gasteiger partial charge < -0.3 is 10.0 Å². The Labute approximate surface area is 157 Å². The molecule has 144 valence electrons. The number of benzene rings is 1. The number of carboxylic acid groups (broad SMARTS) is 1. The lowest BCUT2D eigenvalue weighted by Gasteiger charge is -2.43. The molecule has 0 saturated carbocycles. The molecule has 3 rings (SSSR count). The first-order chi connectivity index (χ1) is 12.8. The van der Waals surface area contributed by atoms with Crippen molar-refractivity contribution < 1.29 is 18.7 Å². The van der Waals surface area contributed by atoms with Crippen molar-refractivity contribution >= 4 is 6.09 Å². The summed E-state index contributed by atoms with van der Waals surface area (Å²) in [4.78, 5) is 19.3. The van der Waals surface area contributed by atoms with Crippen molar-refractivity contribution in [1.29, 1.82) is 0 Å². The molecule has 0 spiro atoms. The summed E-state index contributed by atoms with van der Waals surface area (Å²) >= 11 is 0. The van der Waals surface area contributed by atoms with Crippen LogP contribution < -0.4 is 0 Å². The van der Waals surface area contributed by atoms with Crippen molar-refractivity contribution in [2.45, 2.75) is 25.8 Å². The Morgan fingerprint density at radius 2 is 1.85 bits per heavy atom. The van der Waals surface area contributed by atoms with Crippen LogP contribution in [-0.2, 0) is 6.42 Å². The van der Waals surface area contributed by atoms with E-state index in [1.165, 1.54) is 17.0 Å². The van der Waals surface area contributed by atoms with Crippen LogP contribution in [-0.4, -0.2) is 57.7 Å². The van der Waals surface area contributed by atoms with Crippen molar-refractivity contribution in [3.05, 3.63) is 53.7 Å². The molecule has 0 aliphatic carbocycles. The molecular weight excluding hydrogens is 352 g/mol. The number of pyridine rings is 1. The van der Waals surface area contributed by atoms with E-state index in [0.717, 1.165) is 11.8 Å². The highest BCUT2D eigenvalue weighted by atomic mass is 19.1. The lowest BCUT2D eigenvalue weighted by molar-refractivity contribution is 0.0510. The molecule has 2 aromatic rings. The van der Waals surface area contributed by atoms with Crippen LogP contribution in [0.3, 0.4) is 0 Å². The molecule has 1 aliphatic heterocycles. The monoisotopic (exact) mass is 375 g/mol. The molecule has 27 heavy (non-hydrogen) atoms. The number of rotatable bonds is 4. The molecule has 1 N–H and O–H groups in total. The highest BCUT2D eigenvalue weighted by Gasteiger charge is 2.31. The Hall–Kier alpha value is -2.54. The smallest absolute Gasteiger partial charge is 0.407 e. The molecule has 1 aromatic heterocycles. The summed E-state index contributed by atoms with van der Waals surface area (Å²) in [5.41, 5.74) is 1.32. The average Bonchev–Trinajstić information content (AvgIpc) is 2.61. The molecule has 7 heteroatoms. The van der Waals surface area contributed by atoms with Crippen LogP contribution in [0.25, 0.3) is 11.3 Å². The number of halogens is 2. The van der Waals surface area contributed by atoms with Crippen LogP contribution in [0, 0.1) is 11.6 Å². The van der Waals surface area contributed by atoms with Gasteiger partial charge in [0, 0.05) is 55.5 Å². The number of nitrogens with zero attached hydrogens (tertiary/aromatic N) is 3. The maximum absolute atomic E-state index is 14.1. The molecule has 1 aliphatic rings. The van der Waals surface area contributed by atoms with Gasteiger partial charge in [-0.1, -0.05) is 6.07 Å². The van der Waals surface area contributed by atoms with Gasteiger partial charge in [0.05, 0.1) is 5.69 Å². The molecule has 0 unspecified atom stereocenters. The third-order valence-electron chi connectivity index (χ3n) is 5.03. The van der Waals surface area contributed by atoms with E-state index >= 15 is 0 Å². The van der Waals surface area contributed by atoms with E-state index in [1.807, 2.05) is 12.1 Å². The lowest BCUT2D eigenvalue weighted by Crippen LogP contribution is -2.56. The van der Waals surface area contributed by atoms with E-state index in [4.69, 9.17) is 5.11 Å². The van der Waals surface area contributed by atoms with Crippen molar-refractivity contribution in [3.8, 4) is 11.3 Å². The quantitative estimate of drug-likeness (QED) is 0.886. The molecule has 5 nitrogen and oxygen atoms in total. The predicted molar refractivity (Wildman–Crippen MR) is 98.5 cm³/mol. The summed E-state index contributed by atoms with van der Waals surface area (Å²) < 4.78 is 27.2. The SMILES string of the molecule is CC(C)(Cc1cccc(-c2ccc(F)cc2F)n1)N1CCN(C(=O)O)CC1. The summed E-state index contributed by atoms with van der Waals surface area (Å²) in [5.74, 6) is -1.25. The van der Waals surface area contributed by atoms with Crippen molar-refractivity contribution in [3.63, 3.8) is 0 Å². The van der Waals surface area contributed by atoms with Gasteiger partial charge in [-0.05, 0) is 38.1 Å². The fourth-order valence-corrected chi connectivity index (χ4v) is 3.48. The zero-order valence-electron chi connectivity index (χ0n) is 15.5. The standard InChI is InChI=1S/C20H23F2N3O2/c1-20(2,25-10-8-24(9-11-25)19(26)27)13-15-4-3-5-18(23-15)16-7-6-14(21)12-17(16)22/h3-7,12H,8-11,13H2,1-2H3,(H,26,27). The minimum atomic E-state index is -0.886. The van der Waals surface area contributed by atoms with Crippen molar-refractivity contribution in [2.75, 3.05) is 26.2 Å². The van der Waals surface area contributed by atoms with Crippen molar-refractivity contribution in [2.24, 2.45) is 0 Å². The van der Waals surface area contributed by atoms with E-state index in [1.54, 1.807) is 6.07 Å². The zero-order chi connectivity index (χ0) is 19.6. The zero-order valence-corrected chi connectivity index (χ0v) is 15.5. The molecular formula is C20H23F2N3O2. The van der Waals surface area contributed by atoms with Crippen LogP contribution in [0.2, 0.25) is 0 Å². The molecule has 2 heterocycles. The second-order valence-electron chi connectivity index (χ2n) is 7.38. The minimum Gasteiger partial charge on any atom is -0.465 e. The Kier molecular flexibility index (Phi) is 5.41. The van der Waals surface area contributed by atoms with Crippen LogP contribution in [0.15, 0.2) is 36.4 Å². The number of hydrogen-bond donors (Lipinski definition) is 1. The lowest BCUT2D eigenvalue weighted by atomic mass is 9.94. The molecule has 1 aromatic carbocycles. The van der Waals surface area contributed by atoms with Gasteiger partial charge in [0.2, 0.25) is 0 Å². The molecule has 0 radical (unpaired) electrons. The van der Waals surface area contributed by atoms with Crippen LogP contribution in [0.4, 0.5) is 13.6 Å². The third-order valence-corrected chi connectivity index (χ3v) is 5.03. The van der Waals surface area contributed by atoms with Gasteiger partial charge in [0.15, 0.2) is 0 Å². The summed E-state index contributed by atoms with van der Waals surface area (Å²) in [6.45, 7) is 6.46. The second-order valence-corrected chi connectivity index (χ2v) is 7.38.